The lowest BCUT2D eigenvalue weighted by atomic mass is 10.2. The molecule has 0 aliphatic carbocycles. The van der Waals surface area contributed by atoms with Crippen molar-refractivity contribution in [3.05, 3.63) is 65.7 Å². The number of hydrogen-bond acceptors (Lipinski definition) is 3. The molecule has 1 aliphatic rings. The monoisotopic (exact) mass is 366 g/mol. The Kier molecular flexibility index (Phi) is 5.46. The van der Waals surface area contributed by atoms with Crippen molar-refractivity contribution in [1.29, 1.82) is 0 Å². The first kappa shape index (κ1) is 18.0. The molecule has 0 saturated carbocycles. The third kappa shape index (κ3) is 4.23. The maximum Gasteiger partial charge on any atom is 0.243 e. The zero-order valence-corrected chi connectivity index (χ0v) is 14.6. The first-order valence-corrected chi connectivity index (χ1v) is 9.62. The van der Waals surface area contributed by atoms with E-state index in [0.29, 0.717) is 26.1 Å². The fourth-order valence-electron chi connectivity index (χ4n) is 2.97. The fraction of sp³-hybridized carbons (Fsp3) is 0.333. The Bertz CT molecular complexity index is 828. The van der Waals surface area contributed by atoms with Gasteiger partial charge in [-0.1, -0.05) is 30.3 Å². The van der Waals surface area contributed by atoms with Crippen molar-refractivity contribution in [1.82, 2.24) is 9.21 Å². The molecule has 0 bridgehead atoms. The van der Waals surface area contributed by atoms with E-state index in [1.807, 2.05) is 30.3 Å². The number of rotatable bonds is 4. The minimum absolute atomic E-state index is 0.206. The molecule has 0 radical (unpaired) electrons. The largest absolute Gasteiger partial charge is 0.298 e. The summed E-state index contributed by atoms with van der Waals surface area (Å²) in [6.45, 7) is 2.84. The van der Waals surface area contributed by atoms with Gasteiger partial charge in [-0.2, -0.15) is 4.31 Å². The summed E-state index contributed by atoms with van der Waals surface area (Å²) in [5, 5.41) is 0. The van der Waals surface area contributed by atoms with Gasteiger partial charge in [0.25, 0.3) is 0 Å². The summed E-state index contributed by atoms with van der Waals surface area (Å²) in [5.74, 6) is -2.20. The molecule has 7 heteroatoms. The van der Waals surface area contributed by atoms with Crippen LogP contribution in [0.25, 0.3) is 0 Å². The summed E-state index contributed by atoms with van der Waals surface area (Å²) >= 11 is 0. The van der Waals surface area contributed by atoms with Gasteiger partial charge < -0.3 is 0 Å². The van der Waals surface area contributed by atoms with Crippen LogP contribution in [0.4, 0.5) is 8.78 Å². The third-order valence-electron chi connectivity index (χ3n) is 4.33. The summed E-state index contributed by atoms with van der Waals surface area (Å²) in [5.41, 5.74) is 1.18. The Morgan fingerprint density at radius 1 is 0.880 bits per heavy atom. The van der Waals surface area contributed by atoms with Gasteiger partial charge in [0.2, 0.25) is 10.0 Å². The van der Waals surface area contributed by atoms with Crippen molar-refractivity contribution in [3.8, 4) is 0 Å². The Hall–Kier alpha value is -1.83. The molecule has 1 saturated heterocycles. The molecule has 0 unspecified atom stereocenters. The van der Waals surface area contributed by atoms with Gasteiger partial charge >= 0.3 is 0 Å². The summed E-state index contributed by atoms with van der Waals surface area (Å²) in [7, 11) is -3.82. The minimum Gasteiger partial charge on any atom is -0.298 e. The Morgan fingerprint density at radius 3 is 2.36 bits per heavy atom. The first-order valence-electron chi connectivity index (χ1n) is 8.18. The highest BCUT2D eigenvalue weighted by Gasteiger charge is 2.27. The number of hydrogen-bond donors (Lipinski definition) is 0. The second kappa shape index (κ2) is 7.59. The summed E-state index contributed by atoms with van der Waals surface area (Å²) in [4.78, 5) is 2.00. The lowest BCUT2D eigenvalue weighted by Gasteiger charge is -2.22. The maximum atomic E-state index is 13.4. The van der Waals surface area contributed by atoms with E-state index >= 15 is 0 Å². The summed E-state index contributed by atoms with van der Waals surface area (Å²) in [6, 6.07) is 12.7. The van der Waals surface area contributed by atoms with Gasteiger partial charge in [-0.15, -0.1) is 0 Å². The Morgan fingerprint density at radius 2 is 1.64 bits per heavy atom. The van der Waals surface area contributed by atoms with E-state index in [0.717, 1.165) is 31.3 Å². The Labute approximate surface area is 146 Å². The summed E-state index contributed by atoms with van der Waals surface area (Å²) in [6.07, 6.45) is 0.690. The highest BCUT2D eigenvalue weighted by atomic mass is 32.2. The van der Waals surface area contributed by atoms with Crippen LogP contribution in [0.5, 0.6) is 0 Å². The van der Waals surface area contributed by atoms with Crippen LogP contribution < -0.4 is 0 Å². The van der Waals surface area contributed by atoms with Gasteiger partial charge in [-0.3, -0.25) is 4.90 Å². The van der Waals surface area contributed by atoms with Crippen LogP contribution in [-0.4, -0.2) is 43.8 Å². The molecule has 0 aromatic heterocycles. The SMILES string of the molecule is O=S(=O)(c1ccc(F)c(F)c1)N1CCCN(Cc2ccccc2)CC1. The third-order valence-corrected chi connectivity index (χ3v) is 6.22. The van der Waals surface area contributed by atoms with Crippen molar-refractivity contribution in [2.24, 2.45) is 0 Å². The van der Waals surface area contributed by atoms with Gasteiger partial charge in [0, 0.05) is 26.2 Å². The van der Waals surface area contributed by atoms with E-state index in [2.05, 4.69) is 4.90 Å². The van der Waals surface area contributed by atoms with Crippen LogP contribution >= 0.6 is 0 Å². The average Bonchev–Trinajstić information content (AvgIpc) is 2.84. The molecule has 0 spiro atoms. The maximum absolute atomic E-state index is 13.4. The van der Waals surface area contributed by atoms with Crippen molar-refractivity contribution >= 4 is 10.0 Å². The predicted molar refractivity (Wildman–Crippen MR) is 91.5 cm³/mol. The van der Waals surface area contributed by atoms with Crippen LogP contribution in [0.15, 0.2) is 53.4 Å². The number of halogens is 2. The number of benzene rings is 2. The van der Waals surface area contributed by atoms with Gasteiger partial charge in [0.1, 0.15) is 0 Å². The predicted octanol–water partition coefficient (Wildman–Crippen LogP) is 2.86. The van der Waals surface area contributed by atoms with E-state index in [4.69, 9.17) is 0 Å². The molecule has 0 amide bonds. The lowest BCUT2D eigenvalue weighted by Crippen LogP contribution is -2.35. The molecule has 2 aromatic carbocycles. The fourth-order valence-corrected chi connectivity index (χ4v) is 4.46. The number of sulfonamides is 1. The molecule has 1 aliphatic heterocycles. The molecule has 3 rings (SSSR count). The molecule has 0 N–H and O–H groups in total. The normalized spacial score (nSPS) is 17.4. The second-order valence-electron chi connectivity index (χ2n) is 6.10. The van der Waals surface area contributed by atoms with E-state index < -0.39 is 21.7 Å². The van der Waals surface area contributed by atoms with Gasteiger partial charge in [0.05, 0.1) is 4.90 Å². The van der Waals surface area contributed by atoms with Crippen LogP contribution in [-0.2, 0) is 16.6 Å². The molecule has 1 fully saturated rings. The molecular weight excluding hydrogens is 346 g/mol. The van der Waals surface area contributed by atoms with Crippen LogP contribution in [0.1, 0.15) is 12.0 Å². The standard InChI is InChI=1S/C18H20F2N2O2S/c19-17-8-7-16(13-18(17)20)25(23,24)22-10-4-9-21(11-12-22)14-15-5-2-1-3-6-15/h1-3,5-8,13H,4,9-12,14H2. The highest BCUT2D eigenvalue weighted by molar-refractivity contribution is 7.89. The lowest BCUT2D eigenvalue weighted by molar-refractivity contribution is 0.278. The zero-order valence-electron chi connectivity index (χ0n) is 13.7. The molecular formula is C18H20F2N2O2S. The summed E-state index contributed by atoms with van der Waals surface area (Å²) < 4.78 is 53.2. The highest BCUT2D eigenvalue weighted by Crippen LogP contribution is 2.20. The smallest absolute Gasteiger partial charge is 0.243 e. The van der Waals surface area contributed by atoms with Crippen molar-refractivity contribution in [2.75, 3.05) is 26.2 Å². The average molecular weight is 366 g/mol. The zero-order chi connectivity index (χ0) is 17.9. The quantitative estimate of drug-likeness (QED) is 0.836. The molecule has 4 nitrogen and oxygen atoms in total. The van der Waals surface area contributed by atoms with Crippen molar-refractivity contribution < 1.29 is 17.2 Å². The van der Waals surface area contributed by atoms with Crippen LogP contribution in [0, 0.1) is 11.6 Å². The second-order valence-corrected chi connectivity index (χ2v) is 8.03. The Balaban J connectivity index is 1.70. The van der Waals surface area contributed by atoms with E-state index in [9.17, 15) is 17.2 Å². The van der Waals surface area contributed by atoms with E-state index in [1.54, 1.807) is 0 Å². The molecule has 134 valence electrons. The van der Waals surface area contributed by atoms with Gasteiger partial charge in [-0.25, -0.2) is 17.2 Å². The topological polar surface area (TPSA) is 40.6 Å². The molecule has 1 heterocycles. The van der Waals surface area contributed by atoms with Gasteiger partial charge in [0.15, 0.2) is 11.6 Å². The van der Waals surface area contributed by atoms with E-state index in [-0.39, 0.29) is 4.90 Å². The van der Waals surface area contributed by atoms with Crippen molar-refractivity contribution in [3.63, 3.8) is 0 Å². The van der Waals surface area contributed by atoms with E-state index in [1.165, 1.54) is 9.87 Å². The first-order chi connectivity index (χ1) is 12.0. The molecule has 25 heavy (non-hydrogen) atoms. The van der Waals surface area contributed by atoms with Crippen LogP contribution in [0.2, 0.25) is 0 Å². The number of nitrogens with zero attached hydrogens (tertiary/aromatic N) is 2. The van der Waals surface area contributed by atoms with Gasteiger partial charge in [-0.05, 0) is 36.7 Å². The van der Waals surface area contributed by atoms with Crippen LogP contribution in [0.3, 0.4) is 0 Å². The van der Waals surface area contributed by atoms with Crippen molar-refractivity contribution in [2.45, 2.75) is 17.9 Å². The molecule has 2 aromatic rings. The minimum atomic E-state index is -3.82. The molecule has 0 atom stereocenters.